The molecule has 0 atom stereocenters. The van der Waals surface area contributed by atoms with Gasteiger partial charge in [0.1, 0.15) is 0 Å². The van der Waals surface area contributed by atoms with Crippen LogP contribution < -0.4 is 5.32 Å². The fraction of sp³-hybridized carbons (Fsp3) is 0.130. The molecule has 0 unspecified atom stereocenters. The Morgan fingerprint density at radius 1 is 1.12 bits per heavy atom. The largest absolute Gasteiger partial charge is 0.325 e. The number of nitrogens with one attached hydrogen (secondary N) is 1. The lowest BCUT2D eigenvalue weighted by Gasteiger charge is -2.13. The van der Waals surface area contributed by atoms with Gasteiger partial charge in [0.25, 0.3) is 5.69 Å². The molecule has 0 spiro atoms. The number of anilines is 1. The molecule has 2 aromatic carbocycles. The van der Waals surface area contributed by atoms with Crippen molar-refractivity contribution in [1.82, 2.24) is 19.7 Å². The van der Waals surface area contributed by atoms with Gasteiger partial charge < -0.3 is 5.32 Å². The minimum atomic E-state index is -0.485. The lowest BCUT2D eigenvalue weighted by molar-refractivity contribution is -0.384. The fourth-order valence-corrected chi connectivity index (χ4v) is 4.06. The van der Waals surface area contributed by atoms with Gasteiger partial charge in [0.05, 0.1) is 16.4 Å². The molecule has 4 rings (SSSR count). The van der Waals surface area contributed by atoms with Gasteiger partial charge in [-0.15, -0.1) is 10.2 Å². The zero-order chi connectivity index (χ0) is 23.4. The van der Waals surface area contributed by atoms with Crippen LogP contribution in [-0.2, 0) is 4.79 Å². The van der Waals surface area contributed by atoms with Crippen LogP contribution in [0.15, 0.2) is 72.1 Å². The molecule has 0 saturated carbocycles. The standard InChI is InChI=1S/C23H20N6O3S/c1-15-5-10-20(16(2)12-15)28-22(17-4-3-11-24-13-17)26-27-23(28)33-14-21(30)25-18-6-8-19(9-7-18)29(31)32/h3-13H,14H2,1-2H3,(H,25,30). The Kier molecular flexibility index (Phi) is 6.45. The van der Waals surface area contributed by atoms with Crippen LogP contribution in [-0.4, -0.2) is 36.3 Å². The Balaban J connectivity index is 1.58. The monoisotopic (exact) mass is 460 g/mol. The summed E-state index contributed by atoms with van der Waals surface area (Å²) in [5.41, 5.74) is 4.38. The summed E-state index contributed by atoms with van der Waals surface area (Å²) in [5, 5.41) is 22.8. The molecule has 0 bridgehead atoms. The zero-order valence-corrected chi connectivity index (χ0v) is 18.7. The summed E-state index contributed by atoms with van der Waals surface area (Å²) in [6.45, 7) is 4.05. The maximum atomic E-state index is 12.5. The van der Waals surface area contributed by atoms with Crippen LogP contribution in [0.2, 0.25) is 0 Å². The normalized spacial score (nSPS) is 10.7. The predicted octanol–water partition coefficient (Wildman–Crippen LogP) is 4.59. The Bertz CT molecular complexity index is 1310. The first-order valence-electron chi connectivity index (χ1n) is 10.0. The molecule has 166 valence electrons. The van der Waals surface area contributed by atoms with Crippen LogP contribution in [0.3, 0.4) is 0 Å². The number of benzene rings is 2. The quantitative estimate of drug-likeness (QED) is 0.244. The molecule has 9 nitrogen and oxygen atoms in total. The lowest BCUT2D eigenvalue weighted by Crippen LogP contribution is -2.14. The van der Waals surface area contributed by atoms with Crippen molar-refractivity contribution < 1.29 is 9.72 Å². The Morgan fingerprint density at radius 2 is 1.91 bits per heavy atom. The molecule has 1 amide bonds. The molecule has 33 heavy (non-hydrogen) atoms. The highest BCUT2D eigenvalue weighted by atomic mass is 32.2. The van der Waals surface area contributed by atoms with E-state index in [0.717, 1.165) is 22.4 Å². The molecule has 0 fully saturated rings. The second-order valence-corrected chi connectivity index (χ2v) is 8.26. The third-order valence-corrected chi connectivity index (χ3v) is 5.77. The third-order valence-electron chi connectivity index (χ3n) is 4.84. The number of aryl methyl sites for hydroxylation is 2. The van der Waals surface area contributed by atoms with Gasteiger partial charge in [-0.1, -0.05) is 29.5 Å². The number of pyridine rings is 1. The van der Waals surface area contributed by atoms with Crippen LogP contribution >= 0.6 is 11.8 Å². The number of carbonyl (C=O) groups is 1. The van der Waals surface area contributed by atoms with Gasteiger partial charge >= 0.3 is 0 Å². The highest BCUT2D eigenvalue weighted by Gasteiger charge is 2.19. The number of aromatic nitrogens is 4. The van der Waals surface area contributed by atoms with E-state index >= 15 is 0 Å². The number of hydrogen-bond donors (Lipinski definition) is 1. The molecule has 0 saturated heterocycles. The predicted molar refractivity (Wildman–Crippen MR) is 127 cm³/mol. The maximum Gasteiger partial charge on any atom is 0.269 e. The number of thioether (sulfide) groups is 1. The third kappa shape index (κ3) is 5.07. The molecule has 1 N–H and O–H groups in total. The Labute approximate surface area is 194 Å². The van der Waals surface area contributed by atoms with E-state index < -0.39 is 4.92 Å². The summed E-state index contributed by atoms with van der Waals surface area (Å²) < 4.78 is 1.93. The van der Waals surface area contributed by atoms with Crippen molar-refractivity contribution >= 4 is 29.0 Å². The van der Waals surface area contributed by atoms with Gasteiger partial charge in [0, 0.05) is 35.8 Å². The molecule has 2 aromatic heterocycles. The smallest absolute Gasteiger partial charge is 0.269 e. The van der Waals surface area contributed by atoms with Crippen molar-refractivity contribution in [3.8, 4) is 17.1 Å². The minimum Gasteiger partial charge on any atom is -0.325 e. The Hall–Kier alpha value is -4.05. The van der Waals surface area contributed by atoms with Crippen LogP contribution in [0.5, 0.6) is 0 Å². The van der Waals surface area contributed by atoms with E-state index in [4.69, 9.17) is 0 Å². The fourth-order valence-electron chi connectivity index (χ4n) is 3.31. The molecular formula is C23H20N6O3S. The molecular weight excluding hydrogens is 440 g/mol. The molecule has 0 aliphatic heterocycles. The molecule has 4 aromatic rings. The summed E-state index contributed by atoms with van der Waals surface area (Å²) >= 11 is 1.25. The highest BCUT2D eigenvalue weighted by Crippen LogP contribution is 2.29. The molecule has 2 heterocycles. The van der Waals surface area contributed by atoms with Crippen LogP contribution in [0.1, 0.15) is 11.1 Å². The van der Waals surface area contributed by atoms with Gasteiger partial charge in [0.2, 0.25) is 5.91 Å². The average molecular weight is 461 g/mol. The number of nitro benzene ring substituents is 1. The van der Waals surface area contributed by atoms with E-state index in [2.05, 4.69) is 26.6 Å². The van der Waals surface area contributed by atoms with Crippen molar-refractivity contribution in [2.24, 2.45) is 0 Å². The van der Waals surface area contributed by atoms with Gasteiger partial charge in [-0.25, -0.2) is 0 Å². The van der Waals surface area contributed by atoms with E-state index in [1.165, 1.54) is 36.0 Å². The molecule has 0 aliphatic rings. The van der Waals surface area contributed by atoms with Gasteiger partial charge in [0.15, 0.2) is 11.0 Å². The topological polar surface area (TPSA) is 116 Å². The second kappa shape index (κ2) is 9.61. The molecule has 10 heteroatoms. The van der Waals surface area contributed by atoms with Crippen molar-refractivity contribution in [2.75, 3.05) is 11.1 Å². The maximum absolute atomic E-state index is 12.5. The van der Waals surface area contributed by atoms with Crippen molar-refractivity contribution in [3.63, 3.8) is 0 Å². The van der Waals surface area contributed by atoms with Gasteiger partial charge in [-0.3, -0.25) is 24.5 Å². The summed E-state index contributed by atoms with van der Waals surface area (Å²) in [5.74, 6) is 0.466. The van der Waals surface area contributed by atoms with E-state index in [1.54, 1.807) is 12.4 Å². The van der Waals surface area contributed by atoms with Crippen LogP contribution in [0.4, 0.5) is 11.4 Å². The number of rotatable bonds is 7. The number of nitrogens with zero attached hydrogens (tertiary/aromatic N) is 5. The number of nitro groups is 1. The summed E-state index contributed by atoms with van der Waals surface area (Å²) in [4.78, 5) is 27.0. The first-order chi connectivity index (χ1) is 15.9. The van der Waals surface area contributed by atoms with E-state index in [0.29, 0.717) is 16.7 Å². The number of carbonyl (C=O) groups excluding carboxylic acids is 1. The van der Waals surface area contributed by atoms with E-state index in [-0.39, 0.29) is 17.3 Å². The van der Waals surface area contributed by atoms with E-state index in [9.17, 15) is 14.9 Å². The zero-order valence-electron chi connectivity index (χ0n) is 17.9. The first-order valence-corrected chi connectivity index (χ1v) is 11.0. The van der Waals surface area contributed by atoms with Crippen LogP contribution in [0, 0.1) is 24.0 Å². The van der Waals surface area contributed by atoms with E-state index in [1.807, 2.05) is 42.7 Å². The number of non-ortho nitro benzene ring substituents is 1. The highest BCUT2D eigenvalue weighted by molar-refractivity contribution is 7.99. The van der Waals surface area contributed by atoms with Crippen molar-refractivity contribution in [3.05, 3.63) is 88.2 Å². The van der Waals surface area contributed by atoms with Gasteiger partial charge in [-0.05, 0) is 49.7 Å². The minimum absolute atomic E-state index is 0.0353. The van der Waals surface area contributed by atoms with Crippen molar-refractivity contribution in [1.29, 1.82) is 0 Å². The average Bonchev–Trinajstić information content (AvgIpc) is 3.22. The molecule has 0 radical (unpaired) electrons. The van der Waals surface area contributed by atoms with Gasteiger partial charge in [-0.2, -0.15) is 0 Å². The first kappa shape index (κ1) is 22.2. The summed E-state index contributed by atoms with van der Waals surface area (Å²) in [7, 11) is 0. The summed E-state index contributed by atoms with van der Waals surface area (Å²) in [6.07, 6.45) is 3.42. The number of hydrogen-bond acceptors (Lipinski definition) is 7. The SMILES string of the molecule is Cc1ccc(-n2c(SCC(=O)Nc3ccc([N+](=O)[O-])cc3)nnc2-c2cccnc2)c(C)c1. The van der Waals surface area contributed by atoms with Crippen LogP contribution in [0.25, 0.3) is 17.1 Å². The molecule has 0 aliphatic carbocycles. The Morgan fingerprint density at radius 3 is 2.58 bits per heavy atom. The lowest BCUT2D eigenvalue weighted by atomic mass is 10.1. The van der Waals surface area contributed by atoms with Crippen molar-refractivity contribution in [2.45, 2.75) is 19.0 Å². The second-order valence-electron chi connectivity index (χ2n) is 7.31. The summed E-state index contributed by atoms with van der Waals surface area (Å²) in [6, 6.07) is 15.5. The number of amides is 1.